The van der Waals surface area contributed by atoms with E-state index in [1.807, 2.05) is 0 Å². The van der Waals surface area contributed by atoms with Crippen molar-refractivity contribution in [3.8, 4) is 0 Å². The van der Waals surface area contributed by atoms with Gasteiger partial charge in [-0.25, -0.2) is 0 Å². The van der Waals surface area contributed by atoms with E-state index >= 15 is 0 Å². The fourth-order valence-corrected chi connectivity index (χ4v) is 1.75. The maximum Gasteiger partial charge on any atom is 0.499 e. The summed E-state index contributed by atoms with van der Waals surface area (Å²) in [7, 11) is 0. The molecule has 198 valence electrons. The van der Waals surface area contributed by atoms with Crippen LogP contribution in [-0.2, 0) is 0 Å². The van der Waals surface area contributed by atoms with Gasteiger partial charge in [0.1, 0.15) is 5.34 Å². The normalized spacial score (nSPS) is 16.6. The van der Waals surface area contributed by atoms with E-state index in [1.165, 1.54) is 0 Å². The Morgan fingerprint density at radius 1 is 0.515 bits per heavy atom. The molecule has 0 saturated carbocycles. The van der Waals surface area contributed by atoms with Gasteiger partial charge in [0.25, 0.3) is 0 Å². The maximum atomic E-state index is 13.3. The topological polar surface area (TPSA) is 6.25 Å². The minimum Gasteiger partial charge on any atom is -0.192 e. The lowest BCUT2D eigenvalue weighted by Gasteiger charge is -2.41. The first-order valence-electron chi connectivity index (χ1n) is 6.50. The van der Waals surface area contributed by atoms with Crippen molar-refractivity contribution in [3.05, 3.63) is 0 Å². The van der Waals surface area contributed by atoms with Crippen molar-refractivity contribution in [1.82, 2.24) is 5.34 Å². The van der Waals surface area contributed by atoms with Gasteiger partial charge in [0, 0.05) is 18.2 Å². The molecular formula is C9F21N2S+. The van der Waals surface area contributed by atoms with Gasteiger partial charge < -0.3 is 0 Å². The molecule has 0 aromatic rings. The fraction of sp³-hybridized carbons (Fsp3) is 0.889. The van der Waals surface area contributed by atoms with E-state index in [1.54, 1.807) is 0 Å². The number of hydrogen-bond acceptors (Lipinski definition) is 1. The fourth-order valence-electron chi connectivity index (χ4n) is 1.52. The first-order valence-corrected chi connectivity index (χ1v) is 7.22. The van der Waals surface area contributed by atoms with Crippen LogP contribution in [0.2, 0.25) is 0 Å². The molecule has 0 aliphatic carbocycles. The molecule has 0 spiro atoms. The third-order valence-electron chi connectivity index (χ3n) is 3.33. The largest absolute Gasteiger partial charge is 0.499 e. The van der Waals surface area contributed by atoms with Crippen LogP contribution in [0.5, 0.6) is 0 Å². The molecular weight excluding hydrogens is 567 g/mol. The molecule has 0 unspecified atom stereocenters. The van der Waals surface area contributed by atoms with Crippen molar-refractivity contribution >= 4 is 17.3 Å². The molecule has 0 radical (unpaired) electrons. The van der Waals surface area contributed by atoms with E-state index in [4.69, 9.17) is 0 Å². The second-order valence-electron chi connectivity index (χ2n) is 5.36. The minimum atomic E-state index is -9.03. The zero-order valence-electron chi connectivity index (χ0n) is 13.7. The molecule has 0 aromatic heterocycles. The number of hydrogen-bond donors (Lipinski definition) is 0. The van der Waals surface area contributed by atoms with Crippen molar-refractivity contribution in [2.45, 2.75) is 47.8 Å². The summed E-state index contributed by atoms with van der Waals surface area (Å²) in [6.07, 6.45) is -7.96. The van der Waals surface area contributed by atoms with E-state index in [-0.39, 0.29) is 0 Å². The smallest absolute Gasteiger partial charge is 0.192 e. The van der Waals surface area contributed by atoms with E-state index in [0.29, 0.717) is 0 Å². The molecule has 0 atom stereocenters. The van der Waals surface area contributed by atoms with Gasteiger partial charge in [-0.15, -0.1) is 0 Å². The Morgan fingerprint density at radius 3 is 1.03 bits per heavy atom. The van der Waals surface area contributed by atoms with Gasteiger partial charge >= 0.3 is 52.9 Å². The molecule has 0 aromatic carbocycles. The summed E-state index contributed by atoms with van der Waals surface area (Å²) in [5, 5.41) is -7.02. The second-order valence-corrected chi connectivity index (χ2v) is 5.88. The first-order chi connectivity index (χ1) is 14.1. The molecule has 2 nitrogen and oxygen atoms in total. The van der Waals surface area contributed by atoms with Crippen LogP contribution in [0.15, 0.2) is 0 Å². The number of alkyl halides is 17. The molecule has 0 rings (SSSR count). The van der Waals surface area contributed by atoms with Gasteiger partial charge in [0.2, 0.25) is 0 Å². The average Bonchev–Trinajstić information content (AvgIpc) is 2.59. The molecule has 0 amide bonds. The molecule has 33 heavy (non-hydrogen) atoms. The maximum absolute atomic E-state index is 13.3. The monoisotopic (exact) mass is 567 g/mol. The molecule has 0 heterocycles. The van der Waals surface area contributed by atoms with E-state index < -0.39 is 75.2 Å². The standard InChI is InChI=1S/C9F21N2S/c10-2(11,4(14,15)6(18,19)8(22,23)24)3(12,13)5(16,17)7(20,21)9(25,26)31(27)1(33-30)32(28)29/q+1. The van der Waals surface area contributed by atoms with Crippen LogP contribution in [0.3, 0.4) is 0 Å². The van der Waals surface area contributed by atoms with E-state index in [2.05, 4.69) is 0 Å². The Bertz CT molecular complexity index is 749. The van der Waals surface area contributed by atoms with E-state index in [0.717, 1.165) is 0 Å². The predicted molar refractivity (Wildman–Crippen MR) is 59.8 cm³/mol. The van der Waals surface area contributed by atoms with Crippen molar-refractivity contribution in [1.29, 1.82) is 0 Å². The Hall–Kier alpha value is -1.65. The van der Waals surface area contributed by atoms with Gasteiger partial charge in [0.05, 0.1) is 0 Å². The summed E-state index contributed by atoms with van der Waals surface area (Å²) in [6, 6.07) is -8.00. The summed E-state index contributed by atoms with van der Waals surface area (Å²) < 4.78 is 268. The highest BCUT2D eigenvalue weighted by Gasteiger charge is 2.96. The number of rotatable bonds is 7. The lowest BCUT2D eigenvalue weighted by atomic mass is 9.90. The number of nitrogens with zero attached hydrogens (tertiary/aromatic N) is 2. The summed E-state index contributed by atoms with van der Waals surface area (Å²) in [4.78, 5) is -3.78. The predicted octanol–water partition coefficient (Wildman–Crippen LogP) is 6.90. The van der Waals surface area contributed by atoms with Crippen LogP contribution >= 0.6 is 12.1 Å². The van der Waals surface area contributed by atoms with Crippen molar-refractivity contribution in [2.75, 3.05) is 0 Å². The zero-order valence-corrected chi connectivity index (χ0v) is 14.6. The lowest BCUT2D eigenvalue weighted by molar-refractivity contribution is -0.837. The minimum absolute atomic E-state index is 2.53. The summed E-state index contributed by atoms with van der Waals surface area (Å²) in [6.45, 7) is 0. The quantitative estimate of drug-likeness (QED) is 0.109. The van der Waals surface area contributed by atoms with Crippen LogP contribution < -0.4 is 0 Å². The molecule has 0 fully saturated rings. The van der Waals surface area contributed by atoms with Crippen molar-refractivity contribution in [3.63, 3.8) is 0 Å². The number of amidine groups is 1. The average molecular weight is 567 g/mol. The lowest BCUT2D eigenvalue weighted by Crippen LogP contribution is -2.75. The molecule has 0 saturated heterocycles. The first kappa shape index (κ1) is 31.4. The Balaban J connectivity index is 7.02. The zero-order chi connectivity index (χ0) is 27.4. The highest BCUT2D eigenvalue weighted by Crippen LogP contribution is 2.64. The SMILES string of the molecule is FSC(N(F)F)=[N+](F)C(F)(F)C(F)(F)C(F)(F)C(F)(F)C(F)(F)C(F)(F)C(F)(F)C(F)(F)F. The number of halogens is 21. The van der Waals surface area contributed by atoms with E-state index in [9.17, 15) is 92.0 Å². The molecule has 0 aliphatic heterocycles. The van der Waals surface area contributed by atoms with Crippen molar-refractivity contribution in [2.24, 2.45) is 0 Å². The van der Waals surface area contributed by atoms with Crippen molar-refractivity contribution < 1.29 is 96.8 Å². The van der Waals surface area contributed by atoms with Gasteiger partial charge in [-0.3, -0.25) is 0 Å². The summed E-state index contributed by atoms with van der Waals surface area (Å²) in [5.41, 5.74) is 0. The van der Waals surface area contributed by atoms with Crippen LogP contribution in [-0.4, -0.2) is 63.1 Å². The molecule has 0 aliphatic rings. The van der Waals surface area contributed by atoms with Crippen LogP contribution in [0, 0.1) is 0 Å². The van der Waals surface area contributed by atoms with Gasteiger partial charge in [-0.05, 0) is 0 Å². The summed E-state index contributed by atoms with van der Waals surface area (Å²) in [5.74, 6) is -52.7. The van der Waals surface area contributed by atoms with Crippen LogP contribution in [0.25, 0.3) is 0 Å². The third-order valence-corrected chi connectivity index (χ3v) is 3.77. The second kappa shape index (κ2) is 8.23. The van der Waals surface area contributed by atoms with Crippen LogP contribution in [0.4, 0.5) is 92.0 Å². The Kier molecular flexibility index (Phi) is 7.82. The third kappa shape index (κ3) is 4.08. The Morgan fingerprint density at radius 2 is 0.788 bits per heavy atom. The molecule has 24 heteroatoms. The molecule has 0 bridgehead atoms. The van der Waals surface area contributed by atoms with Gasteiger partial charge in [-0.2, -0.15) is 78.5 Å². The van der Waals surface area contributed by atoms with Gasteiger partial charge in [-0.1, -0.05) is 0 Å². The highest BCUT2D eigenvalue weighted by molar-refractivity contribution is 8.09. The Labute approximate surface area is 168 Å². The van der Waals surface area contributed by atoms with Gasteiger partial charge in [0.15, 0.2) is 12.1 Å². The molecule has 0 N–H and O–H groups in total. The highest BCUT2D eigenvalue weighted by atomic mass is 32.2. The van der Waals surface area contributed by atoms with Crippen LogP contribution in [0.1, 0.15) is 0 Å². The summed E-state index contributed by atoms with van der Waals surface area (Å²) >= 11 is -2.53.